The number of anilines is 1. The van der Waals surface area contributed by atoms with Crippen LogP contribution in [0.3, 0.4) is 0 Å². The number of amides is 1. The van der Waals surface area contributed by atoms with Gasteiger partial charge in [0.05, 0.1) is 0 Å². The third kappa shape index (κ3) is 4.24. The predicted molar refractivity (Wildman–Crippen MR) is 78.6 cm³/mol. The minimum atomic E-state index is 0.00671. The zero-order chi connectivity index (χ0) is 13.7. The Kier molecular flexibility index (Phi) is 4.80. The molecule has 0 bridgehead atoms. The normalized spacial score (nSPS) is 14.5. The molecule has 1 fully saturated rings. The summed E-state index contributed by atoms with van der Waals surface area (Å²) in [5, 5.41) is 6.18. The summed E-state index contributed by atoms with van der Waals surface area (Å²) in [5.41, 5.74) is 1.77. The van der Waals surface area contributed by atoms with Gasteiger partial charge in [-0.15, -0.1) is 0 Å². The monoisotopic (exact) mass is 261 g/mol. The summed E-state index contributed by atoms with van der Waals surface area (Å²) in [6, 6.07) is 8.34. The predicted octanol–water partition coefficient (Wildman–Crippen LogP) is 1.94. The molecule has 4 nitrogen and oxygen atoms in total. The fourth-order valence-electron chi connectivity index (χ4n) is 2.09. The first-order valence-corrected chi connectivity index (χ1v) is 7.03. The summed E-state index contributed by atoms with van der Waals surface area (Å²) in [4.78, 5) is 14.2. The zero-order valence-electron chi connectivity index (χ0n) is 11.8. The van der Waals surface area contributed by atoms with Crippen LogP contribution in [0, 0.1) is 0 Å². The lowest BCUT2D eigenvalue weighted by atomic mass is 10.2. The number of likely N-dealkylation sites (N-methyl/N-ethyl adjacent to an activating group) is 1. The van der Waals surface area contributed by atoms with Gasteiger partial charge in [-0.05, 0) is 51.1 Å². The van der Waals surface area contributed by atoms with E-state index in [0.717, 1.165) is 30.4 Å². The molecule has 1 aromatic carbocycles. The molecule has 2 rings (SSSR count). The second-order valence-electron chi connectivity index (χ2n) is 5.08. The molecule has 0 unspecified atom stereocenters. The number of nitrogens with zero attached hydrogens (tertiary/aromatic N) is 1. The van der Waals surface area contributed by atoms with Gasteiger partial charge in [0.1, 0.15) is 0 Å². The van der Waals surface area contributed by atoms with Crippen LogP contribution in [0.5, 0.6) is 0 Å². The highest BCUT2D eigenvalue weighted by molar-refractivity contribution is 5.94. The van der Waals surface area contributed by atoms with Crippen molar-refractivity contribution in [1.82, 2.24) is 10.2 Å². The van der Waals surface area contributed by atoms with E-state index in [-0.39, 0.29) is 5.91 Å². The average molecular weight is 261 g/mol. The van der Waals surface area contributed by atoms with Gasteiger partial charge in [0, 0.05) is 36.9 Å². The smallest absolute Gasteiger partial charge is 0.251 e. The van der Waals surface area contributed by atoms with Crippen molar-refractivity contribution in [3.8, 4) is 0 Å². The fourth-order valence-corrected chi connectivity index (χ4v) is 2.09. The van der Waals surface area contributed by atoms with Gasteiger partial charge in [-0.3, -0.25) is 4.79 Å². The van der Waals surface area contributed by atoms with Gasteiger partial charge in [0.15, 0.2) is 0 Å². The van der Waals surface area contributed by atoms with E-state index in [4.69, 9.17) is 0 Å². The lowest BCUT2D eigenvalue weighted by Crippen LogP contribution is -2.33. The van der Waals surface area contributed by atoms with Crippen LogP contribution in [0.1, 0.15) is 30.1 Å². The molecular weight excluding hydrogens is 238 g/mol. The van der Waals surface area contributed by atoms with E-state index >= 15 is 0 Å². The first kappa shape index (κ1) is 13.9. The summed E-state index contributed by atoms with van der Waals surface area (Å²) in [6.07, 6.45) is 2.60. The van der Waals surface area contributed by atoms with Crippen LogP contribution >= 0.6 is 0 Å². The van der Waals surface area contributed by atoms with Crippen molar-refractivity contribution >= 4 is 11.6 Å². The van der Waals surface area contributed by atoms with Gasteiger partial charge in [0.2, 0.25) is 0 Å². The van der Waals surface area contributed by atoms with Crippen LogP contribution in [0.2, 0.25) is 0 Å². The first-order chi connectivity index (χ1) is 9.20. The molecule has 0 heterocycles. The van der Waals surface area contributed by atoms with E-state index in [1.54, 1.807) is 0 Å². The quantitative estimate of drug-likeness (QED) is 0.788. The van der Waals surface area contributed by atoms with E-state index in [9.17, 15) is 4.79 Å². The molecule has 1 aromatic rings. The van der Waals surface area contributed by atoms with Gasteiger partial charge in [-0.1, -0.05) is 0 Å². The van der Waals surface area contributed by atoms with E-state index in [1.807, 2.05) is 24.3 Å². The van der Waals surface area contributed by atoms with Crippen LogP contribution in [-0.2, 0) is 0 Å². The number of carbonyl (C=O) groups is 1. The van der Waals surface area contributed by atoms with Crippen molar-refractivity contribution in [1.29, 1.82) is 0 Å². The second-order valence-corrected chi connectivity index (χ2v) is 5.08. The Morgan fingerprint density at radius 1 is 1.32 bits per heavy atom. The maximum atomic E-state index is 11.9. The summed E-state index contributed by atoms with van der Waals surface area (Å²) in [6.45, 7) is 4.57. The maximum Gasteiger partial charge on any atom is 0.251 e. The van der Waals surface area contributed by atoms with Crippen LogP contribution in [0.15, 0.2) is 24.3 Å². The SMILES string of the molecule is CCNc1ccc(C(=O)NCCN(C)C2CC2)cc1. The maximum absolute atomic E-state index is 11.9. The molecule has 0 saturated heterocycles. The van der Waals surface area contributed by atoms with E-state index in [2.05, 4.69) is 29.5 Å². The van der Waals surface area contributed by atoms with E-state index in [1.165, 1.54) is 12.8 Å². The fraction of sp³-hybridized carbons (Fsp3) is 0.533. The van der Waals surface area contributed by atoms with E-state index < -0.39 is 0 Å². The molecule has 19 heavy (non-hydrogen) atoms. The number of nitrogens with one attached hydrogen (secondary N) is 2. The second kappa shape index (κ2) is 6.57. The minimum Gasteiger partial charge on any atom is -0.385 e. The Balaban J connectivity index is 1.75. The largest absolute Gasteiger partial charge is 0.385 e. The number of benzene rings is 1. The van der Waals surface area contributed by atoms with Crippen molar-refractivity contribution in [2.75, 3.05) is 32.0 Å². The molecule has 0 spiro atoms. The van der Waals surface area contributed by atoms with E-state index in [0.29, 0.717) is 6.54 Å². The Morgan fingerprint density at radius 2 is 2.00 bits per heavy atom. The number of hydrogen-bond acceptors (Lipinski definition) is 3. The average Bonchev–Trinajstić information content (AvgIpc) is 3.24. The van der Waals surface area contributed by atoms with Crippen molar-refractivity contribution in [2.45, 2.75) is 25.8 Å². The van der Waals surface area contributed by atoms with Crippen molar-refractivity contribution < 1.29 is 4.79 Å². The zero-order valence-corrected chi connectivity index (χ0v) is 11.8. The first-order valence-electron chi connectivity index (χ1n) is 7.03. The van der Waals surface area contributed by atoms with Crippen molar-refractivity contribution in [3.63, 3.8) is 0 Å². The third-order valence-electron chi connectivity index (χ3n) is 3.45. The van der Waals surface area contributed by atoms with Gasteiger partial charge < -0.3 is 15.5 Å². The van der Waals surface area contributed by atoms with Crippen LogP contribution in [0.4, 0.5) is 5.69 Å². The molecule has 1 saturated carbocycles. The van der Waals surface area contributed by atoms with Gasteiger partial charge in [-0.25, -0.2) is 0 Å². The summed E-state index contributed by atoms with van der Waals surface area (Å²) >= 11 is 0. The third-order valence-corrected chi connectivity index (χ3v) is 3.45. The highest BCUT2D eigenvalue weighted by atomic mass is 16.1. The molecule has 2 N–H and O–H groups in total. The molecule has 1 aliphatic carbocycles. The summed E-state index contributed by atoms with van der Waals surface area (Å²) < 4.78 is 0. The van der Waals surface area contributed by atoms with Crippen molar-refractivity contribution in [2.24, 2.45) is 0 Å². The van der Waals surface area contributed by atoms with Gasteiger partial charge >= 0.3 is 0 Å². The van der Waals surface area contributed by atoms with Gasteiger partial charge in [-0.2, -0.15) is 0 Å². The number of carbonyl (C=O) groups excluding carboxylic acids is 1. The Morgan fingerprint density at radius 3 is 2.58 bits per heavy atom. The Labute approximate surface area is 115 Å². The Hall–Kier alpha value is -1.55. The molecule has 104 valence electrons. The lowest BCUT2D eigenvalue weighted by Gasteiger charge is -2.15. The summed E-state index contributed by atoms with van der Waals surface area (Å²) in [7, 11) is 2.12. The molecule has 0 atom stereocenters. The molecule has 4 heteroatoms. The molecule has 0 radical (unpaired) electrons. The lowest BCUT2D eigenvalue weighted by molar-refractivity contribution is 0.0949. The molecule has 1 amide bonds. The Bertz CT molecular complexity index is 412. The molecular formula is C15H23N3O. The molecule has 1 aliphatic rings. The highest BCUT2D eigenvalue weighted by Gasteiger charge is 2.25. The van der Waals surface area contributed by atoms with Crippen molar-refractivity contribution in [3.05, 3.63) is 29.8 Å². The summed E-state index contributed by atoms with van der Waals surface area (Å²) in [5.74, 6) is 0.00671. The van der Waals surface area contributed by atoms with Gasteiger partial charge in [0.25, 0.3) is 5.91 Å². The minimum absolute atomic E-state index is 0.00671. The molecule has 0 aromatic heterocycles. The van der Waals surface area contributed by atoms with Crippen LogP contribution in [0.25, 0.3) is 0 Å². The standard InChI is InChI=1S/C15H23N3O/c1-3-16-13-6-4-12(5-7-13)15(19)17-10-11-18(2)14-8-9-14/h4-7,14,16H,3,8-11H2,1-2H3,(H,17,19). The van der Waals surface area contributed by atoms with Crippen LogP contribution in [-0.4, -0.2) is 43.5 Å². The number of rotatable bonds is 7. The van der Waals surface area contributed by atoms with Crippen LogP contribution < -0.4 is 10.6 Å². The highest BCUT2D eigenvalue weighted by Crippen LogP contribution is 2.24. The topological polar surface area (TPSA) is 44.4 Å². The molecule has 0 aliphatic heterocycles. The number of hydrogen-bond donors (Lipinski definition) is 2.